The van der Waals surface area contributed by atoms with Crippen LogP contribution in [0.2, 0.25) is 5.02 Å². The summed E-state index contributed by atoms with van der Waals surface area (Å²) in [6, 6.07) is 0. The third-order valence-electron chi connectivity index (χ3n) is 2.52. The monoisotopic (exact) mass is 302 g/mol. The molecule has 0 aromatic carbocycles. The van der Waals surface area contributed by atoms with E-state index < -0.39 is 0 Å². The van der Waals surface area contributed by atoms with Crippen LogP contribution in [0.5, 0.6) is 0 Å². The van der Waals surface area contributed by atoms with Crippen molar-refractivity contribution >= 4 is 23.4 Å². The fourth-order valence-corrected chi connectivity index (χ4v) is 1.67. The molecule has 0 saturated heterocycles. The molecule has 6 nitrogen and oxygen atoms in total. The summed E-state index contributed by atoms with van der Waals surface area (Å²) in [6.07, 6.45) is 3.58. The van der Waals surface area contributed by atoms with Crippen LogP contribution in [0.15, 0.2) is 6.20 Å². The van der Waals surface area contributed by atoms with Gasteiger partial charge < -0.3 is 20.1 Å². The molecule has 0 amide bonds. The maximum Gasteiger partial charge on any atom is 0.224 e. The highest BCUT2D eigenvalue weighted by Gasteiger charge is 2.04. The minimum Gasteiger partial charge on any atom is -0.382 e. The number of nitrogens with zero attached hydrogens (tertiary/aromatic N) is 2. The molecular formula is C13H23ClN4O2. The smallest absolute Gasteiger partial charge is 0.224 e. The van der Waals surface area contributed by atoms with E-state index in [-0.39, 0.29) is 0 Å². The molecule has 0 aliphatic rings. The van der Waals surface area contributed by atoms with E-state index in [2.05, 4.69) is 20.6 Å². The van der Waals surface area contributed by atoms with Crippen molar-refractivity contribution in [1.29, 1.82) is 0 Å². The number of ether oxygens (including phenoxy) is 2. The molecule has 20 heavy (non-hydrogen) atoms. The lowest BCUT2D eigenvalue weighted by molar-refractivity contribution is 0.0691. The zero-order valence-electron chi connectivity index (χ0n) is 12.1. The second kappa shape index (κ2) is 10.7. The first-order valence-electron chi connectivity index (χ1n) is 6.85. The molecular weight excluding hydrogens is 280 g/mol. The summed E-state index contributed by atoms with van der Waals surface area (Å²) < 4.78 is 10.3. The van der Waals surface area contributed by atoms with Crippen LogP contribution in [0.25, 0.3) is 0 Å². The molecule has 0 spiro atoms. The molecule has 114 valence electrons. The molecule has 1 aromatic rings. The maximum atomic E-state index is 6.04. The summed E-state index contributed by atoms with van der Waals surface area (Å²) in [5.41, 5.74) is 0. The lowest BCUT2D eigenvalue weighted by Crippen LogP contribution is -2.09. The van der Waals surface area contributed by atoms with E-state index in [0.717, 1.165) is 32.5 Å². The second-order valence-corrected chi connectivity index (χ2v) is 4.57. The first kappa shape index (κ1) is 16.9. The molecule has 0 atom stereocenters. The number of rotatable bonds is 11. The Hall–Kier alpha value is -1.11. The highest BCUT2D eigenvalue weighted by molar-refractivity contribution is 6.32. The number of hydrogen-bond donors (Lipinski definition) is 2. The maximum absolute atomic E-state index is 6.04. The summed E-state index contributed by atoms with van der Waals surface area (Å²) in [5, 5.41) is 6.79. The van der Waals surface area contributed by atoms with Crippen molar-refractivity contribution in [3.8, 4) is 0 Å². The molecule has 0 aliphatic carbocycles. The summed E-state index contributed by atoms with van der Waals surface area (Å²) in [6.45, 7) is 5.60. The molecule has 0 bridgehead atoms. The highest BCUT2D eigenvalue weighted by Crippen LogP contribution is 2.19. The lowest BCUT2D eigenvalue weighted by Gasteiger charge is -2.09. The van der Waals surface area contributed by atoms with Crippen LogP contribution < -0.4 is 10.6 Å². The minimum atomic E-state index is 0.531. The van der Waals surface area contributed by atoms with E-state index in [1.165, 1.54) is 0 Å². The Morgan fingerprint density at radius 3 is 2.80 bits per heavy atom. The Morgan fingerprint density at radius 2 is 2.05 bits per heavy atom. The zero-order valence-corrected chi connectivity index (χ0v) is 12.9. The van der Waals surface area contributed by atoms with Crippen LogP contribution in [0.4, 0.5) is 11.8 Å². The lowest BCUT2D eigenvalue weighted by atomic mass is 10.3. The minimum absolute atomic E-state index is 0.531. The van der Waals surface area contributed by atoms with Gasteiger partial charge in [-0.25, -0.2) is 4.98 Å². The van der Waals surface area contributed by atoms with Gasteiger partial charge in [0.2, 0.25) is 5.95 Å². The summed E-state index contributed by atoms with van der Waals surface area (Å²) in [5.74, 6) is 1.25. The van der Waals surface area contributed by atoms with Gasteiger partial charge in [-0.1, -0.05) is 11.6 Å². The SMILES string of the molecule is CCNc1ncc(Cl)c(NCCCCOCCOC)n1. The van der Waals surface area contributed by atoms with Gasteiger partial charge in [-0.2, -0.15) is 4.98 Å². The summed E-state index contributed by atoms with van der Waals surface area (Å²) >= 11 is 6.04. The predicted molar refractivity (Wildman–Crippen MR) is 81.6 cm³/mol. The molecule has 7 heteroatoms. The van der Waals surface area contributed by atoms with Gasteiger partial charge in [0.05, 0.1) is 19.4 Å². The van der Waals surface area contributed by atoms with Crippen molar-refractivity contribution in [1.82, 2.24) is 9.97 Å². The molecule has 0 unspecified atom stereocenters. The third-order valence-corrected chi connectivity index (χ3v) is 2.80. The first-order valence-corrected chi connectivity index (χ1v) is 7.22. The molecule has 1 aromatic heterocycles. The Balaban J connectivity index is 2.19. The zero-order chi connectivity index (χ0) is 14.6. The van der Waals surface area contributed by atoms with E-state index >= 15 is 0 Å². The van der Waals surface area contributed by atoms with Crippen molar-refractivity contribution in [3.63, 3.8) is 0 Å². The van der Waals surface area contributed by atoms with Gasteiger partial charge in [-0.15, -0.1) is 0 Å². The van der Waals surface area contributed by atoms with Crippen LogP contribution in [0.1, 0.15) is 19.8 Å². The molecule has 2 N–H and O–H groups in total. The number of anilines is 2. The quantitative estimate of drug-likeness (QED) is 0.612. The predicted octanol–water partition coefficient (Wildman–Crippen LogP) is 2.42. The van der Waals surface area contributed by atoms with Crippen LogP contribution in [-0.4, -0.2) is 50.0 Å². The number of unbranched alkanes of at least 4 members (excludes halogenated alkanes) is 1. The third kappa shape index (κ3) is 6.88. The molecule has 0 aliphatic heterocycles. The van der Waals surface area contributed by atoms with Gasteiger partial charge in [-0.05, 0) is 19.8 Å². The van der Waals surface area contributed by atoms with Crippen molar-refractivity contribution in [2.24, 2.45) is 0 Å². The molecule has 0 saturated carbocycles. The van der Waals surface area contributed by atoms with Gasteiger partial charge in [0.1, 0.15) is 10.8 Å². The highest BCUT2D eigenvalue weighted by atomic mass is 35.5. The largest absolute Gasteiger partial charge is 0.382 e. The van der Waals surface area contributed by atoms with Gasteiger partial charge >= 0.3 is 0 Å². The Labute approximate surface area is 125 Å². The number of methoxy groups -OCH3 is 1. The normalized spacial score (nSPS) is 10.6. The van der Waals surface area contributed by atoms with Gasteiger partial charge in [-0.3, -0.25) is 0 Å². The van der Waals surface area contributed by atoms with E-state index in [9.17, 15) is 0 Å². The summed E-state index contributed by atoms with van der Waals surface area (Å²) in [4.78, 5) is 8.40. The van der Waals surface area contributed by atoms with Crippen LogP contribution in [-0.2, 0) is 9.47 Å². The topological polar surface area (TPSA) is 68.3 Å². The van der Waals surface area contributed by atoms with Crippen LogP contribution in [0, 0.1) is 0 Å². The van der Waals surface area contributed by atoms with Gasteiger partial charge in [0.15, 0.2) is 0 Å². The summed E-state index contributed by atoms with van der Waals surface area (Å²) in [7, 11) is 1.67. The van der Waals surface area contributed by atoms with E-state index in [4.69, 9.17) is 21.1 Å². The molecule has 1 rings (SSSR count). The van der Waals surface area contributed by atoms with E-state index in [1.807, 2.05) is 6.92 Å². The molecule has 0 radical (unpaired) electrons. The Bertz CT molecular complexity index is 379. The number of aromatic nitrogens is 2. The van der Waals surface area contributed by atoms with Crippen LogP contribution in [0.3, 0.4) is 0 Å². The van der Waals surface area contributed by atoms with Crippen LogP contribution >= 0.6 is 11.6 Å². The average molecular weight is 303 g/mol. The van der Waals surface area contributed by atoms with Crippen molar-refractivity contribution in [2.45, 2.75) is 19.8 Å². The number of halogens is 1. The van der Waals surface area contributed by atoms with Gasteiger partial charge in [0, 0.05) is 26.8 Å². The fourth-order valence-electron chi connectivity index (χ4n) is 1.51. The second-order valence-electron chi connectivity index (χ2n) is 4.16. The van der Waals surface area contributed by atoms with E-state index in [0.29, 0.717) is 30.0 Å². The van der Waals surface area contributed by atoms with E-state index in [1.54, 1.807) is 13.3 Å². The van der Waals surface area contributed by atoms with Crippen molar-refractivity contribution < 1.29 is 9.47 Å². The fraction of sp³-hybridized carbons (Fsp3) is 0.692. The Morgan fingerprint density at radius 1 is 1.20 bits per heavy atom. The first-order chi connectivity index (χ1) is 9.77. The van der Waals surface area contributed by atoms with Crippen molar-refractivity contribution in [3.05, 3.63) is 11.2 Å². The number of nitrogens with one attached hydrogen (secondary N) is 2. The molecule has 1 heterocycles. The Kier molecular flexibility index (Phi) is 9.02. The standard InChI is InChI=1S/C13H23ClN4O2/c1-3-15-13-17-10-11(14)12(18-13)16-6-4-5-7-20-9-8-19-2/h10H,3-9H2,1-2H3,(H2,15,16,17,18). The number of hydrogen-bond acceptors (Lipinski definition) is 6. The molecule has 0 fully saturated rings. The van der Waals surface area contributed by atoms with Gasteiger partial charge in [0.25, 0.3) is 0 Å². The van der Waals surface area contributed by atoms with Crippen molar-refractivity contribution in [2.75, 3.05) is 50.7 Å². The average Bonchev–Trinajstić information content (AvgIpc) is 2.45.